The van der Waals surface area contributed by atoms with Crippen LogP contribution < -0.4 is 26.3 Å². The number of hydrogen-bond donors (Lipinski definition) is 1. The first-order valence-corrected chi connectivity index (χ1v) is 7.25. The van der Waals surface area contributed by atoms with Crippen LogP contribution in [0.5, 0.6) is 5.75 Å². The van der Waals surface area contributed by atoms with Crippen molar-refractivity contribution in [2.24, 2.45) is 5.92 Å². The molecule has 1 fully saturated rings. The zero-order valence-electron chi connectivity index (χ0n) is 12.3. The number of H-pyrrole nitrogens is 1. The Hall–Kier alpha value is -1.55. The van der Waals surface area contributed by atoms with Crippen molar-refractivity contribution in [2.75, 3.05) is 7.11 Å². The Labute approximate surface area is 134 Å². The molecule has 2 heterocycles. The van der Waals surface area contributed by atoms with Crippen molar-refractivity contribution in [3.05, 3.63) is 36.2 Å². The smallest absolute Gasteiger partial charge is 0.202 e. The second-order valence-corrected chi connectivity index (χ2v) is 5.82. The lowest BCUT2D eigenvalue weighted by Crippen LogP contribution is -3.00. The Bertz CT molecular complexity index is 805. The lowest BCUT2D eigenvalue weighted by atomic mass is 10.1. The van der Waals surface area contributed by atoms with Crippen LogP contribution in [0.25, 0.3) is 21.8 Å². The lowest BCUT2D eigenvalue weighted by Gasteiger charge is -2.00. The van der Waals surface area contributed by atoms with Crippen LogP contribution in [0.4, 0.5) is 0 Å². The van der Waals surface area contributed by atoms with Crippen molar-refractivity contribution < 1.29 is 26.3 Å². The molecule has 0 unspecified atom stereocenters. The van der Waals surface area contributed by atoms with Gasteiger partial charge in [0.1, 0.15) is 11.3 Å². The van der Waals surface area contributed by atoms with Crippen molar-refractivity contribution in [1.82, 2.24) is 4.98 Å². The van der Waals surface area contributed by atoms with Crippen LogP contribution in [-0.4, -0.2) is 12.1 Å². The summed E-state index contributed by atoms with van der Waals surface area (Å²) in [5.74, 6) is 1.79. The zero-order valence-corrected chi connectivity index (χ0v) is 13.9. The summed E-state index contributed by atoms with van der Waals surface area (Å²) in [5, 5.41) is 2.56. The summed E-state index contributed by atoms with van der Waals surface area (Å²) in [7, 11) is 1.71. The molecule has 1 aliphatic carbocycles. The highest BCUT2D eigenvalue weighted by Gasteiger charge is 2.27. The maximum absolute atomic E-state index is 5.31. The third-order valence-electron chi connectivity index (χ3n) is 4.41. The fourth-order valence-electron chi connectivity index (χ4n) is 2.98. The number of aromatic nitrogens is 2. The van der Waals surface area contributed by atoms with Crippen LogP contribution in [0.15, 0.2) is 30.5 Å². The average molecular weight is 347 g/mol. The Morgan fingerprint density at radius 1 is 1.24 bits per heavy atom. The molecule has 0 aliphatic heterocycles. The molecule has 2 aromatic heterocycles. The van der Waals surface area contributed by atoms with E-state index < -0.39 is 0 Å². The van der Waals surface area contributed by atoms with Gasteiger partial charge >= 0.3 is 0 Å². The number of methoxy groups -OCH3 is 1. The molecule has 0 spiro atoms. The maximum Gasteiger partial charge on any atom is 0.202 e. The molecule has 1 saturated carbocycles. The van der Waals surface area contributed by atoms with Crippen LogP contribution in [0.1, 0.15) is 18.5 Å². The van der Waals surface area contributed by atoms with E-state index in [0.717, 1.165) is 23.7 Å². The SMILES string of the molecule is COc1ccc2c(c1)[nH]c1c(C)[n+](CC3CC3)ccc12.[Br-]. The Kier molecular flexibility index (Phi) is 3.66. The summed E-state index contributed by atoms with van der Waals surface area (Å²) < 4.78 is 7.69. The summed E-state index contributed by atoms with van der Waals surface area (Å²) in [6.07, 6.45) is 5.00. The van der Waals surface area contributed by atoms with Crippen molar-refractivity contribution in [2.45, 2.75) is 26.3 Å². The molecule has 0 saturated heterocycles. The van der Waals surface area contributed by atoms with Gasteiger partial charge in [-0.2, -0.15) is 0 Å². The molecule has 0 amide bonds. The van der Waals surface area contributed by atoms with Crippen LogP contribution >= 0.6 is 0 Å². The van der Waals surface area contributed by atoms with Crippen molar-refractivity contribution in [3.8, 4) is 5.75 Å². The quantitative estimate of drug-likeness (QED) is 0.681. The van der Waals surface area contributed by atoms with Crippen molar-refractivity contribution in [1.29, 1.82) is 0 Å². The van der Waals surface area contributed by atoms with Gasteiger partial charge in [0.15, 0.2) is 12.7 Å². The number of fused-ring (bicyclic) bond motifs is 3. The van der Waals surface area contributed by atoms with E-state index in [1.54, 1.807) is 7.11 Å². The number of rotatable bonds is 3. The number of aryl methyl sites for hydroxylation is 1. The molecule has 3 aromatic rings. The molecular formula is C17H19BrN2O. The number of benzene rings is 1. The van der Waals surface area contributed by atoms with Gasteiger partial charge in [-0.3, -0.25) is 0 Å². The normalized spacial score (nSPS) is 14.4. The van der Waals surface area contributed by atoms with Crippen LogP contribution in [0.2, 0.25) is 0 Å². The van der Waals surface area contributed by atoms with Gasteiger partial charge in [-0.15, -0.1) is 0 Å². The summed E-state index contributed by atoms with van der Waals surface area (Å²) in [6, 6.07) is 8.46. The largest absolute Gasteiger partial charge is 1.00 e. The molecule has 4 heteroatoms. The van der Waals surface area contributed by atoms with Gasteiger partial charge in [-0.1, -0.05) is 0 Å². The number of hydrogen-bond acceptors (Lipinski definition) is 1. The third-order valence-corrected chi connectivity index (χ3v) is 4.41. The van der Waals surface area contributed by atoms with Gasteiger partial charge in [0.05, 0.1) is 12.6 Å². The van der Waals surface area contributed by atoms with Crippen LogP contribution in [0.3, 0.4) is 0 Å². The summed E-state index contributed by atoms with van der Waals surface area (Å²) in [5.41, 5.74) is 3.72. The van der Waals surface area contributed by atoms with E-state index in [4.69, 9.17) is 4.74 Å². The van der Waals surface area contributed by atoms with E-state index in [1.165, 1.54) is 34.8 Å². The topological polar surface area (TPSA) is 28.9 Å². The fraction of sp³-hybridized carbons (Fsp3) is 0.353. The first kappa shape index (κ1) is 14.4. The minimum atomic E-state index is 0. The number of nitrogens with zero attached hydrogens (tertiary/aromatic N) is 1. The zero-order chi connectivity index (χ0) is 13.7. The van der Waals surface area contributed by atoms with E-state index in [1.807, 2.05) is 6.07 Å². The number of pyridine rings is 1. The molecule has 110 valence electrons. The molecule has 21 heavy (non-hydrogen) atoms. The number of ether oxygens (including phenoxy) is 1. The minimum Gasteiger partial charge on any atom is -1.00 e. The number of aromatic amines is 1. The Morgan fingerprint density at radius 3 is 2.76 bits per heavy atom. The van der Waals surface area contributed by atoms with Gasteiger partial charge in [-0.25, -0.2) is 4.57 Å². The van der Waals surface area contributed by atoms with Crippen molar-refractivity contribution >= 4 is 21.8 Å². The second kappa shape index (κ2) is 5.34. The monoisotopic (exact) mass is 346 g/mol. The molecule has 4 rings (SSSR count). The molecule has 1 aromatic carbocycles. The van der Waals surface area contributed by atoms with Crippen molar-refractivity contribution in [3.63, 3.8) is 0 Å². The molecule has 1 N–H and O–H groups in total. The summed E-state index contributed by atoms with van der Waals surface area (Å²) in [4.78, 5) is 3.55. The Balaban J connectivity index is 0.00000132. The van der Waals surface area contributed by atoms with Gasteiger partial charge in [-0.05, 0) is 25.0 Å². The molecule has 0 atom stereocenters. The maximum atomic E-state index is 5.31. The second-order valence-electron chi connectivity index (χ2n) is 5.82. The standard InChI is InChI=1S/C17H18N2O.BrH/c1-11-17-15(7-8-19(11)10-12-3-4-12)14-6-5-13(20-2)9-16(14)18-17;/h5-9,12H,3-4,10H2,1-2H3;1H. The molecule has 1 aliphatic rings. The number of nitrogens with one attached hydrogen (secondary N) is 1. The molecular weight excluding hydrogens is 328 g/mol. The highest BCUT2D eigenvalue weighted by molar-refractivity contribution is 6.07. The first-order chi connectivity index (χ1) is 9.76. The predicted octanol–water partition coefficient (Wildman–Crippen LogP) is 0.340. The fourth-order valence-corrected chi connectivity index (χ4v) is 2.98. The van der Waals surface area contributed by atoms with Gasteiger partial charge in [0, 0.05) is 35.7 Å². The highest BCUT2D eigenvalue weighted by atomic mass is 79.9. The van der Waals surface area contributed by atoms with E-state index in [-0.39, 0.29) is 17.0 Å². The highest BCUT2D eigenvalue weighted by Crippen LogP contribution is 2.31. The van der Waals surface area contributed by atoms with Crippen LogP contribution in [0, 0.1) is 12.8 Å². The average Bonchev–Trinajstić information content (AvgIpc) is 3.20. The minimum absolute atomic E-state index is 0. The summed E-state index contributed by atoms with van der Waals surface area (Å²) >= 11 is 0. The molecule has 0 bridgehead atoms. The van der Waals surface area contributed by atoms with Crippen LogP contribution in [-0.2, 0) is 6.54 Å². The number of halogens is 1. The van der Waals surface area contributed by atoms with E-state index >= 15 is 0 Å². The van der Waals surface area contributed by atoms with Gasteiger partial charge in [0.2, 0.25) is 5.69 Å². The van der Waals surface area contributed by atoms with Gasteiger partial charge in [0.25, 0.3) is 0 Å². The predicted molar refractivity (Wildman–Crippen MR) is 80.0 cm³/mol. The van der Waals surface area contributed by atoms with E-state index in [0.29, 0.717) is 0 Å². The lowest BCUT2D eigenvalue weighted by molar-refractivity contribution is -0.704. The Morgan fingerprint density at radius 2 is 2.05 bits per heavy atom. The third kappa shape index (κ3) is 2.42. The molecule has 0 radical (unpaired) electrons. The van der Waals surface area contributed by atoms with E-state index in [2.05, 4.69) is 40.9 Å². The summed E-state index contributed by atoms with van der Waals surface area (Å²) in [6.45, 7) is 3.36. The first-order valence-electron chi connectivity index (χ1n) is 7.25. The van der Waals surface area contributed by atoms with Gasteiger partial charge < -0.3 is 26.7 Å². The van der Waals surface area contributed by atoms with E-state index in [9.17, 15) is 0 Å². The molecule has 3 nitrogen and oxygen atoms in total.